The van der Waals surface area contributed by atoms with E-state index in [1.54, 1.807) is 0 Å². The molecule has 1 aliphatic rings. The molecule has 100 valence electrons. The minimum atomic E-state index is 0.660. The quantitative estimate of drug-likeness (QED) is 0.888. The molecule has 1 saturated heterocycles. The number of anilines is 1. The third-order valence-corrected chi connectivity index (χ3v) is 4.14. The van der Waals surface area contributed by atoms with Crippen molar-refractivity contribution in [3.05, 3.63) is 29.3 Å². The predicted molar refractivity (Wildman–Crippen MR) is 79.1 cm³/mol. The monoisotopic (exact) mass is 246 g/mol. The Kier molecular flexibility index (Phi) is 4.28. The normalized spacial score (nSPS) is 24.3. The Hall–Kier alpha value is -1.02. The van der Waals surface area contributed by atoms with Gasteiger partial charge in [0.2, 0.25) is 0 Å². The van der Waals surface area contributed by atoms with Gasteiger partial charge in [-0.25, -0.2) is 0 Å². The molecule has 1 heterocycles. The zero-order chi connectivity index (χ0) is 13.1. The van der Waals surface area contributed by atoms with Gasteiger partial charge in [-0.05, 0) is 62.8 Å². The Morgan fingerprint density at radius 1 is 1.33 bits per heavy atom. The molecule has 0 aromatic heterocycles. The smallest absolute Gasteiger partial charge is 0.0398 e. The van der Waals surface area contributed by atoms with Crippen LogP contribution in [0.15, 0.2) is 18.2 Å². The van der Waals surface area contributed by atoms with Crippen LogP contribution < -0.4 is 10.6 Å². The number of nitrogens with two attached hydrogens (primary N) is 1. The summed E-state index contributed by atoms with van der Waals surface area (Å²) in [7, 11) is 0. The second kappa shape index (κ2) is 5.75. The molecule has 1 aromatic carbocycles. The molecule has 2 rings (SSSR count). The molecule has 0 amide bonds. The summed E-state index contributed by atoms with van der Waals surface area (Å²) < 4.78 is 0. The van der Waals surface area contributed by atoms with Crippen molar-refractivity contribution in [1.82, 2.24) is 0 Å². The van der Waals surface area contributed by atoms with Crippen LogP contribution in [0.3, 0.4) is 0 Å². The zero-order valence-corrected chi connectivity index (χ0v) is 11.9. The van der Waals surface area contributed by atoms with Gasteiger partial charge < -0.3 is 10.6 Å². The van der Waals surface area contributed by atoms with Gasteiger partial charge in [0.05, 0.1) is 0 Å². The molecule has 1 fully saturated rings. The van der Waals surface area contributed by atoms with E-state index in [4.69, 9.17) is 5.73 Å². The number of rotatable bonds is 3. The maximum absolute atomic E-state index is 5.62. The lowest BCUT2D eigenvalue weighted by Gasteiger charge is -2.39. The fraction of sp³-hybridized carbons (Fsp3) is 0.625. The SMILES string of the molecule is Cc1cc(CCN)ccc1N1CCC(C)CC1C. The summed E-state index contributed by atoms with van der Waals surface area (Å²) in [6.07, 6.45) is 3.60. The van der Waals surface area contributed by atoms with Gasteiger partial charge in [-0.15, -0.1) is 0 Å². The Morgan fingerprint density at radius 3 is 2.72 bits per heavy atom. The molecule has 2 N–H and O–H groups in total. The molecule has 0 radical (unpaired) electrons. The van der Waals surface area contributed by atoms with Crippen molar-refractivity contribution in [1.29, 1.82) is 0 Å². The van der Waals surface area contributed by atoms with Crippen LogP contribution in [0.25, 0.3) is 0 Å². The third kappa shape index (κ3) is 2.86. The van der Waals surface area contributed by atoms with Gasteiger partial charge in [0, 0.05) is 18.3 Å². The number of benzene rings is 1. The van der Waals surface area contributed by atoms with Crippen molar-refractivity contribution in [2.45, 2.75) is 46.1 Å². The Balaban J connectivity index is 2.17. The predicted octanol–water partition coefficient (Wildman–Crippen LogP) is 3.12. The van der Waals surface area contributed by atoms with Crippen molar-refractivity contribution in [3.63, 3.8) is 0 Å². The van der Waals surface area contributed by atoms with Gasteiger partial charge in [0.15, 0.2) is 0 Å². The van der Waals surface area contributed by atoms with Crippen molar-refractivity contribution >= 4 is 5.69 Å². The molecule has 0 bridgehead atoms. The first-order chi connectivity index (χ1) is 8.61. The van der Waals surface area contributed by atoms with Gasteiger partial charge in [-0.3, -0.25) is 0 Å². The van der Waals surface area contributed by atoms with E-state index in [9.17, 15) is 0 Å². The summed E-state index contributed by atoms with van der Waals surface area (Å²) in [5, 5.41) is 0. The molecule has 0 aliphatic carbocycles. The lowest BCUT2D eigenvalue weighted by molar-refractivity contribution is 0.377. The van der Waals surface area contributed by atoms with Crippen molar-refractivity contribution in [2.24, 2.45) is 11.7 Å². The van der Waals surface area contributed by atoms with Crippen LogP contribution in [0.5, 0.6) is 0 Å². The Bertz CT molecular complexity index is 400. The van der Waals surface area contributed by atoms with Gasteiger partial charge in [0.25, 0.3) is 0 Å². The first kappa shape index (κ1) is 13.4. The van der Waals surface area contributed by atoms with Gasteiger partial charge in [-0.2, -0.15) is 0 Å². The van der Waals surface area contributed by atoms with E-state index in [2.05, 4.69) is 43.9 Å². The molecule has 0 spiro atoms. The zero-order valence-electron chi connectivity index (χ0n) is 11.9. The number of hydrogen-bond acceptors (Lipinski definition) is 2. The van der Waals surface area contributed by atoms with Crippen molar-refractivity contribution in [3.8, 4) is 0 Å². The molecule has 18 heavy (non-hydrogen) atoms. The minimum absolute atomic E-state index is 0.660. The first-order valence-corrected chi connectivity index (χ1v) is 7.18. The minimum Gasteiger partial charge on any atom is -0.369 e. The average molecular weight is 246 g/mol. The van der Waals surface area contributed by atoms with E-state index in [0.717, 1.165) is 18.9 Å². The third-order valence-electron chi connectivity index (χ3n) is 4.14. The van der Waals surface area contributed by atoms with Gasteiger partial charge in [0.1, 0.15) is 0 Å². The molecule has 1 aliphatic heterocycles. The number of hydrogen-bond donors (Lipinski definition) is 1. The molecule has 1 aromatic rings. The van der Waals surface area contributed by atoms with Crippen LogP contribution in [0.2, 0.25) is 0 Å². The number of piperidine rings is 1. The lowest BCUT2D eigenvalue weighted by Crippen LogP contribution is -2.40. The van der Waals surface area contributed by atoms with E-state index in [-0.39, 0.29) is 0 Å². The van der Waals surface area contributed by atoms with Crippen LogP contribution in [-0.2, 0) is 6.42 Å². The van der Waals surface area contributed by atoms with E-state index < -0.39 is 0 Å². The highest BCUT2D eigenvalue weighted by molar-refractivity contribution is 5.55. The second-order valence-electron chi connectivity index (χ2n) is 5.83. The average Bonchev–Trinajstić information content (AvgIpc) is 2.31. The van der Waals surface area contributed by atoms with E-state index in [1.807, 2.05) is 0 Å². The van der Waals surface area contributed by atoms with Gasteiger partial charge >= 0.3 is 0 Å². The molecule has 2 unspecified atom stereocenters. The summed E-state index contributed by atoms with van der Waals surface area (Å²) in [5.74, 6) is 0.869. The molecule has 0 saturated carbocycles. The number of nitrogens with zero attached hydrogens (tertiary/aromatic N) is 1. The summed E-state index contributed by atoms with van der Waals surface area (Å²) in [5.41, 5.74) is 9.78. The molecule has 2 nitrogen and oxygen atoms in total. The van der Waals surface area contributed by atoms with Crippen molar-refractivity contribution in [2.75, 3.05) is 18.0 Å². The molecule has 2 heteroatoms. The van der Waals surface area contributed by atoms with Crippen LogP contribution >= 0.6 is 0 Å². The Morgan fingerprint density at radius 2 is 2.11 bits per heavy atom. The Labute approximate surface area is 111 Å². The summed E-state index contributed by atoms with van der Waals surface area (Å²) in [4.78, 5) is 2.57. The lowest BCUT2D eigenvalue weighted by atomic mass is 9.92. The van der Waals surface area contributed by atoms with Crippen LogP contribution in [-0.4, -0.2) is 19.1 Å². The molecule has 2 atom stereocenters. The largest absolute Gasteiger partial charge is 0.369 e. The van der Waals surface area contributed by atoms with E-state index in [1.165, 1.54) is 36.2 Å². The maximum Gasteiger partial charge on any atom is 0.0398 e. The number of aryl methyl sites for hydroxylation is 1. The summed E-state index contributed by atoms with van der Waals surface area (Å²) in [6.45, 7) is 8.86. The van der Waals surface area contributed by atoms with Crippen molar-refractivity contribution < 1.29 is 0 Å². The highest BCUT2D eigenvalue weighted by Gasteiger charge is 2.23. The topological polar surface area (TPSA) is 29.3 Å². The summed E-state index contributed by atoms with van der Waals surface area (Å²) >= 11 is 0. The fourth-order valence-electron chi connectivity index (χ4n) is 3.13. The highest BCUT2D eigenvalue weighted by Crippen LogP contribution is 2.30. The van der Waals surface area contributed by atoms with Crippen LogP contribution in [0.4, 0.5) is 5.69 Å². The second-order valence-corrected chi connectivity index (χ2v) is 5.83. The molecular weight excluding hydrogens is 220 g/mol. The van der Waals surface area contributed by atoms with Crippen LogP contribution in [0, 0.1) is 12.8 Å². The molecular formula is C16H26N2. The first-order valence-electron chi connectivity index (χ1n) is 7.18. The summed E-state index contributed by atoms with van der Waals surface area (Å²) in [6, 6.07) is 7.48. The van der Waals surface area contributed by atoms with E-state index >= 15 is 0 Å². The van der Waals surface area contributed by atoms with E-state index in [0.29, 0.717) is 6.04 Å². The maximum atomic E-state index is 5.62. The highest BCUT2D eigenvalue weighted by atomic mass is 15.2. The fourth-order valence-corrected chi connectivity index (χ4v) is 3.13. The van der Waals surface area contributed by atoms with Crippen LogP contribution in [0.1, 0.15) is 37.8 Å². The standard InChI is InChI=1S/C16H26N2/c1-12-7-9-18(14(3)10-12)16-5-4-15(6-8-17)11-13(16)2/h4-5,11-12,14H,6-10,17H2,1-3H3. The van der Waals surface area contributed by atoms with Gasteiger partial charge in [-0.1, -0.05) is 19.1 Å².